The molecule has 0 saturated carbocycles. The number of aromatic nitrogens is 3. The second-order valence-electron chi connectivity index (χ2n) is 7.08. The van der Waals surface area contributed by atoms with Crippen molar-refractivity contribution < 1.29 is 0 Å². The van der Waals surface area contributed by atoms with E-state index in [1.165, 1.54) is 0 Å². The van der Waals surface area contributed by atoms with Crippen LogP contribution >= 0.6 is 27.5 Å². The van der Waals surface area contributed by atoms with E-state index >= 15 is 0 Å². The largest absolute Gasteiger partial charge is 0.307 e. The molecule has 3 rings (SSSR count). The Hall–Kier alpha value is -1.73. The minimum absolute atomic E-state index is 0.0610. The predicted octanol–water partition coefficient (Wildman–Crippen LogP) is 4.95. The summed E-state index contributed by atoms with van der Waals surface area (Å²) in [5.74, 6) is 0. The van der Waals surface area contributed by atoms with Gasteiger partial charge in [-0.2, -0.15) is 0 Å². The Balaban J connectivity index is 1.76. The van der Waals surface area contributed by atoms with E-state index in [9.17, 15) is 0 Å². The smallest absolute Gasteiger partial charge is 0.103 e. The molecule has 28 heavy (non-hydrogen) atoms. The lowest BCUT2D eigenvalue weighted by atomic mass is 10.1. The number of nitrogens with one attached hydrogen (secondary N) is 1. The Morgan fingerprint density at radius 3 is 2.61 bits per heavy atom. The fourth-order valence-corrected chi connectivity index (χ4v) is 3.94. The van der Waals surface area contributed by atoms with Crippen LogP contribution in [0.2, 0.25) is 5.02 Å². The molecule has 148 valence electrons. The number of hydrogen-bond donors (Lipinski definition) is 1. The molecule has 1 heterocycles. The molecule has 0 fully saturated rings. The first kappa shape index (κ1) is 21.0. The van der Waals surface area contributed by atoms with Crippen LogP contribution in [0.15, 0.2) is 53.0 Å². The highest BCUT2D eigenvalue weighted by molar-refractivity contribution is 9.10. The minimum atomic E-state index is 0.0610. The Labute approximate surface area is 179 Å². The maximum absolute atomic E-state index is 6.42. The Morgan fingerprint density at radius 1 is 1.18 bits per heavy atom. The third kappa shape index (κ3) is 4.63. The maximum Gasteiger partial charge on any atom is 0.103 e. The van der Waals surface area contributed by atoms with Crippen molar-refractivity contribution in [1.29, 1.82) is 0 Å². The molecule has 3 aromatic rings. The summed E-state index contributed by atoms with van der Waals surface area (Å²) in [5.41, 5.74) is 4.07. The van der Waals surface area contributed by atoms with Gasteiger partial charge in [-0.25, -0.2) is 4.68 Å². The van der Waals surface area contributed by atoms with Gasteiger partial charge in [0.25, 0.3) is 0 Å². The van der Waals surface area contributed by atoms with Crippen molar-refractivity contribution in [1.82, 2.24) is 25.2 Å². The molecule has 1 N–H and O–H groups in total. The maximum atomic E-state index is 6.42. The average Bonchev–Trinajstić information content (AvgIpc) is 3.04. The zero-order valence-electron chi connectivity index (χ0n) is 16.5. The Morgan fingerprint density at radius 2 is 1.93 bits per heavy atom. The molecular weight excluding hydrogens is 438 g/mol. The van der Waals surface area contributed by atoms with Crippen molar-refractivity contribution in [2.75, 3.05) is 20.6 Å². The van der Waals surface area contributed by atoms with Gasteiger partial charge in [0.05, 0.1) is 17.4 Å². The van der Waals surface area contributed by atoms with Crippen LogP contribution in [0.1, 0.15) is 36.0 Å². The van der Waals surface area contributed by atoms with Crippen molar-refractivity contribution in [3.63, 3.8) is 0 Å². The topological polar surface area (TPSA) is 46.0 Å². The molecular formula is C21H25BrClN5. The van der Waals surface area contributed by atoms with Gasteiger partial charge in [-0.05, 0) is 57.8 Å². The molecule has 2 atom stereocenters. The number of nitrogens with zero attached hydrogens (tertiary/aromatic N) is 4. The van der Waals surface area contributed by atoms with Gasteiger partial charge >= 0.3 is 0 Å². The van der Waals surface area contributed by atoms with Crippen molar-refractivity contribution in [3.05, 3.63) is 75.0 Å². The number of hydrogen-bond acceptors (Lipinski definition) is 4. The summed E-state index contributed by atoms with van der Waals surface area (Å²) in [6, 6.07) is 16.3. The van der Waals surface area contributed by atoms with E-state index in [2.05, 4.69) is 63.5 Å². The number of halogens is 2. The molecule has 0 aliphatic rings. The molecule has 1 aromatic heterocycles. The fraction of sp³-hybridized carbons (Fsp3) is 0.333. The summed E-state index contributed by atoms with van der Waals surface area (Å²) < 4.78 is 2.89. The highest BCUT2D eigenvalue weighted by Crippen LogP contribution is 2.26. The van der Waals surface area contributed by atoms with E-state index in [0.717, 1.165) is 38.7 Å². The molecule has 0 amide bonds. The molecule has 2 aromatic carbocycles. The summed E-state index contributed by atoms with van der Waals surface area (Å²) in [6.45, 7) is 4.91. The summed E-state index contributed by atoms with van der Waals surface area (Å²) >= 11 is 9.93. The van der Waals surface area contributed by atoms with E-state index < -0.39 is 0 Å². The third-order valence-electron chi connectivity index (χ3n) is 4.90. The van der Waals surface area contributed by atoms with Gasteiger partial charge in [0.15, 0.2) is 0 Å². The molecule has 2 unspecified atom stereocenters. The second kappa shape index (κ2) is 9.18. The first-order chi connectivity index (χ1) is 13.4. The fourth-order valence-electron chi connectivity index (χ4n) is 3.30. The number of benzene rings is 2. The van der Waals surface area contributed by atoms with E-state index in [0.29, 0.717) is 0 Å². The molecule has 7 heteroatoms. The van der Waals surface area contributed by atoms with Crippen molar-refractivity contribution in [2.45, 2.75) is 25.9 Å². The van der Waals surface area contributed by atoms with E-state index in [1.54, 1.807) is 0 Å². The normalized spacial score (nSPS) is 13.7. The first-order valence-electron chi connectivity index (χ1n) is 9.21. The monoisotopic (exact) mass is 461 g/mol. The minimum Gasteiger partial charge on any atom is -0.307 e. The number of rotatable bonds is 7. The zero-order chi connectivity index (χ0) is 20.3. The molecule has 0 spiro atoms. The lowest BCUT2D eigenvalue weighted by molar-refractivity contribution is 0.281. The van der Waals surface area contributed by atoms with Crippen LogP contribution in [-0.4, -0.2) is 40.5 Å². The van der Waals surface area contributed by atoms with E-state index in [1.807, 2.05) is 54.1 Å². The predicted molar refractivity (Wildman–Crippen MR) is 118 cm³/mol. The molecule has 0 aliphatic carbocycles. The molecule has 0 aliphatic heterocycles. The summed E-state index contributed by atoms with van der Waals surface area (Å²) in [5, 5.41) is 13.2. The van der Waals surface area contributed by atoms with E-state index in [4.69, 9.17) is 11.6 Å². The molecule has 0 saturated heterocycles. The number of likely N-dealkylation sites (N-methyl/N-ethyl adjacent to an activating group) is 1. The van der Waals surface area contributed by atoms with Crippen LogP contribution in [0.5, 0.6) is 0 Å². The third-order valence-corrected chi connectivity index (χ3v) is 5.74. The van der Waals surface area contributed by atoms with Crippen LogP contribution in [0.3, 0.4) is 0 Å². The Kier molecular flexibility index (Phi) is 6.88. The zero-order valence-corrected chi connectivity index (χ0v) is 18.9. The van der Waals surface area contributed by atoms with Crippen molar-refractivity contribution in [3.8, 4) is 5.69 Å². The Bertz CT molecular complexity index is 940. The van der Waals surface area contributed by atoms with Gasteiger partial charge < -0.3 is 10.2 Å². The van der Waals surface area contributed by atoms with Crippen LogP contribution in [0.4, 0.5) is 0 Å². The summed E-state index contributed by atoms with van der Waals surface area (Å²) in [4.78, 5) is 2.17. The van der Waals surface area contributed by atoms with Gasteiger partial charge in [-0.15, -0.1) is 5.10 Å². The lowest BCUT2D eigenvalue weighted by Crippen LogP contribution is -2.33. The van der Waals surface area contributed by atoms with Crippen LogP contribution in [0, 0.1) is 6.92 Å². The summed E-state index contributed by atoms with van der Waals surface area (Å²) in [7, 11) is 4.13. The average molecular weight is 463 g/mol. The van der Waals surface area contributed by atoms with Gasteiger partial charge in [-0.3, -0.25) is 0 Å². The summed E-state index contributed by atoms with van der Waals surface area (Å²) in [6.07, 6.45) is 0. The van der Waals surface area contributed by atoms with Gasteiger partial charge in [0.2, 0.25) is 0 Å². The standard InChI is InChI=1S/C21H25BrClN5/c1-14(24-13-20(27(3)4)18-10-5-6-11-19(18)23)21-15(2)28(26-25-21)17-9-7-8-16(22)12-17/h5-12,14,20,24H,13H2,1-4H3. The van der Waals surface area contributed by atoms with E-state index in [-0.39, 0.29) is 12.1 Å². The molecule has 0 bridgehead atoms. The lowest BCUT2D eigenvalue weighted by Gasteiger charge is -2.27. The SMILES string of the molecule is Cc1c(C(C)NCC(c2ccccc2Cl)N(C)C)nnn1-c1cccc(Br)c1. The van der Waals surface area contributed by atoms with Crippen LogP contribution < -0.4 is 5.32 Å². The van der Waals surface area contributed by atoms with Gasteiger partial charge in [0.1, 0.15) is 5.69 Å². The van der Waals surface area contributed by atoms with Crippen LogP contribution in [0.25, 0.3) is 5.69 Å². The van der Waals surface area contributed by atoms with Crippen molar-refractivity contribution >= 4 is 27.5 Å². The quantitative estimate of drug-likeness (QED) is 0.540. The van der Waals surface area contributed by atoms with Gasteiger partial charge in [-0.1, -0.05) is 57.0 Å². The highest BCUT2D eigenvalue weighted by Gasteiger charge is 2.21. The highest BCUT2D eigenvalue weighted by atomic mass is 79.9. The first-order valence-corrected chi connectivity index (χ1v) is 10.4. The van der Waals surface area contributed by atoms with Gasteiger partial charge in [0, 0.05) is 22.1 Å². The van der Waals surface area contributed by atoms with Crippen molar-refractivity contribution in [2.24, 2.45) is 0 Å². The molecule has 0 radical (unpaired) electrons. The van der Waals surface area contributed by atoms with Crippen LogP contribution in [-0.2, 0) is 0 Å². The second-order valence-corrected chi connectivity index (χ2v) is 8.41. The molecule has 5 nitrogen and oxygen atoms in total.